The Hall–Kier alpha value is -0.490. The second-order valence-corrected chi connectivity index (χ2v) is 4.33. The molecule has 5 heteroatoms. The Morgan fingerprint density at radius 2 is 2.06 bits per heavy atom. The number of rotatable bonds is 5. The Balaban J connectivity index is 2.96. The third kappa shape index (κ3) is 3.25. The van der Waals surface area contributed by atoms with Crippen molar-refractivity contribution in [2.24, 2.45) is 5.73 Å². The fraction of sp³-hybridized carbons (Fsp3) is 0.455. The van der Waals surface area contributed by atoms with Gasteiger partial charge in [0, 0.05) is 11.9 Å². The average Bonchev–Trinajstić information content (AvgIpc) is 2.28. The van der Waals surface area contributed by atoms with Crippen molar-refractivity contribution in [1.29, 1.82) is 0 Å². The lowest BCUT2D eigenvalue weighted by Gasteiger charge is -2.19. The van der Waals surface area contributed by atoms with E-state index in [4.69, 9.17) is 5.73 Å². The molecule has 0 bridgehead atoms. The zero-order valence-electron chi connectivity index (χ0n) is 8.74. The minimum absolute atomic E-state index is 0.202. The summed E-state index contributed by atoms with van der Waals surface area (Å²) in [5.74, 6) is -0.447. The highest BCUT2D eigenvalue weighted by Crippen LogP contribution is 2.24. The molecule has 0 fully saturated rings. The highest BCUT2D eigenvalue weighted by atomic mass is 79.9. The molecule has 0 spiro atoms. The highest BCUT2D eigenvalue weighted by Gasteiger charge is 2.20. The summed E-state index contributed by atoms with van der Waals surface area (Å²) in [5.41, 5.74) is 6.49. The normalized spacial score (nSPS) is 14.8. The summed E-state index contributed by atoms with van der Waals surface area (Å²) in [4.78, 5) is 0. The van der Waals surface area contributed by atoms with Crippen LogP contribution in [0.4, 0.5) is 4.39 Å². The van der Waals surface area contributed by atoms with Crippen LogP contribution in [0.3, 0.4) is 0 Å². The number of aliphatic hydroxyl groups is 2. The second kappa shape index (κ2) is 6.30. The fourth-order valence-corrected chi connectivity index (χ4v) is 1.97. The van der Waals surface area contributed by atoms with E-state index in [2.05, 4.69) is 15.9 Å². The summed E-state index contributed by atoms with van der Waals surface area (Å²) < 4.78 is 13.1. The van der Waals surface area contributed by atoms with Crippen molar-refractivity contribution in [3.05, 3.63) is 35.1 Å². The predicted octanol–water partition coefficient (Wildman–Crippen LogP) is 1.46. The van der Waals surface area contributed by atoms with E-state index in [1.54, 1.807) is 0 Å². The summed E-state index contributed by atoms with van der Waals surface area (Å²) >= 11 is 3.17. The molecule has 90 valence electrons. The zero-order valence-corrected chi connectivity index (χ0v) is 10.3. The van der Waals surface area contributed by atoms with Gasteiger partial charge in [-0.15, -0.1) is 0 Å². The maximum atomic E-state index is 13.1. The van der Waals surface area contributed by atoms with Crippen molar-refractivity contribution in [2.75, 3.05) is 5.33 Å². The fourth-order valence-electron chi connectivity index (χ4n) is 1.50. The van der Waals surface area contributed by atoms with E-state index in [1.165, 1.54) is 18.2 Å². The van der Waals surface area contributed by atoms with Crippen molar-refractivity contribution < 1.29 is 14.6 Å². The van der Waals surface area contributed by atoms with Crippen LogP contribution in [0.25, 0.3) is 0 Å². The van der Waals surface area contributed by atoms with Crippen molar-refractivity contribution in [1.82, 2.24) is 0 Å². The number of hydrogen-bond donors (Lipinski definition) is 3. The summed E-state index contributed by atoms with van der Waals surface area (Å²) in [6, 6.07) is 4.02. The van der Waals surface area contributed by atoms with Gasteiger partial charge in [-0.3, -0.25) is 0 Å². The molecule has 1 aromatic carbocycles. The topological polar surface area (TPSA) is 66.5 Å². The van der Waals surface area contributed by atoms with E-state index in [0.29, 0.717) is 22.9 Å². The molecule has 0 saturated carbocycles. The molecule has 0 radical (unpaired) electrons. The van der Waals surface area contributed by atoms with Crippen molar-refractivity contribution in [2.45, 2.75) is 25.2 Å². The summed E-state index contributed by atoms with van der Waals surface area (Å²) in [6.07, 6.45) is -1.64. The molecule has 0 aliphatic heterocycles. The molecule has 3 nitrogen and oxygen atoms in total. The van der Waals surface area contributed by atoms with Gasteiger partial charge in [0.2, 0.25) is 0 Å². The van der Waals surface area contributed by atoms with Crippen LogP contribution in [0.1, 0.15) is 23.7 Å². The molecule has 0 saturated heterocycles. The Morgan fingerprint density at radius 1 is 1.38 bits per heavy atom. The molecule has 16 heavy (non-hydrogen) atoms. The molecule has 2 atom stereocenters. The van der Waals surface area contributed by atoms with Crippen LogP contribution >= 0.6 is 15.9 Å². The maximum Gasteiger partial charge on any atom is 0.123 e. The van der Waals surface area contributed by atoms with Gasteiger partial charge in [0.15, 0.2) is 0 Å². The molecule has 4 N–H and O–H groups in total. The van der Waals surface area contributed by atoms with E-state index in [1.807, 2.05) is 0 Å². The first-order valence-electron chi connectivity index (χ1n) is 5.00. The van der Waals surface area contributed by atoms with Gasteiger partial charge in [0.25, 0.3) is 0 Å². The number of benzene rings is 1. The van der Waals surface area contributed by atoms with Crippen LogP contribution in [0.5, 0.6) is 0 Å². The molecule has 1 rings (SSSR count). The molecular weight excluding hydrogens is 277 g/mol. The molecular formula is C11H15BrFNO2. The third-order valence-corrected chi connectivity index (χ3v) is 2.87. The zero-order chi connectivity index (χ0) is 12.1. The van der Waals surface area contributed by atoms with Gasteiger partial charge in [-0.2, -0.15) is 0 Å². The van der Waals surface area contributed by atoms with Crippen LogP contribution in [-0.4, -0.2) is 21.6 Å². The lowest BCUT2D eigenvalue weighted by atomic mass is 9.97. The second-order valence-electron chi connectivity index (χ2n) is 3.54. The number of alkyl halides is 1. The lowest BCUT2D eigenvalue weighted by molar-refractivity contribution is 0.0167. The first kappa shape index (κ1) is 13.6. The molecule has 2 unspecified atom stereocenters. The van der Waals surface area contributed by atoms with Crippen molar-refractivity contribution >= 4 is 15.9 Å². The minimum Gasteiger partial charge on any atom is -0.390 e. The smallest absolute Gasteiger partial charge is 0.123 e. The van der Waals surface area contributed by atoms with E-state index >= 15 is 0 Å². The van der Waals surface area contributed by atoms with Gasteiger partial charge < -0.3 is 15.9 Å². The monoisotopic (exact) mass is 291 g/mol. The molecule has 0 aliphatic carbocycles. The van der Waals surface area contributed by atoms with Gasteiger partial charge in [0.1, 0.15) is 11.9 Å². The number of aliphatic hydroxyl groups excluding tert-OH is 2. The molecule has 1 aromatic rings. The minimum atomic E-state index is -1.10. The first-order chi connectivity index (χ1) is 7.60. The first-order valence-corrected chi connectivity index (χ1v) is 6.12. The average molecular weight is 292 g/mol. The summed E-state index contributed by atoms with van der Waals surface area (Å²) in [6.45, 7) is 0.202. The van der Waals surface area contributed by atoms with E-state index < -0.39 is 18.0 Å². The van der Waals surface area contributed by atoms with Gasteiger partial charge in [-0.25, -0.2) is 4.39 Å². The van der Waals surface area contributed by atoms with Crippen LogP contribution < -0.4 is 5.73 Å². The van der Waals surface area contributed by atoms with Crippen molar-refractivity contribution in [3.63, 3.8) is 0 Å². The molecule has 0 heterocycles. The Morgan fingerprint density at radius 3 is 2.62 bits per heavy atom. The standard InChI is InChI=1S/C11H15BrFNO2/c12-4-3-10(15)11(16)9-5-8(13)2-1-7(9)6-14/h1-2,5,10-11,15-16H,3-4,6,14H2. The third-order valence-electron chi connectivity index (χ3n) is 2.42. The quantitative estimate of drug-likeness (QED) is 0.720. The predicted molar refractivity (Wildman–Crippen MR) is 63.7 cm³/mol. The van der Waals surface area contributed by atoms with Gasteiger partial charge >= 0.3 is 0 Å². The van der Waals surface area contributed by atoms with Crippen molar-refractivity contribution in [3.8, 4) is 0 Å². The van der Waals surface area contributed by atoms with Crippen LogP contribution in [-0.2, 0) is 6.54 Å². The number of nitrogens with two attached hydrogens (primary N) is 1. The Kier molecular flexibility index (Phi) is 5.34. The lowest BCUT2D eigenvalue weighted by Crippen LogP contribution is -2.20. The van der Waals surface area contributed by atoms with Gasteiger partial charge in [-0.05, 0) is 29.7 Å². The Bertz CT molecular complexity index is 349. The van der Waals surface area contributed by atoms with Crippen LogP contribution in [0, 0.1) is 5.82 Å². The molecule has 0 aliphatic rings. The van der Waals surface area contributed by atoms with E-state index in [9.17, 15) is 14.6 Å². The largest absolute Gasteiger partial charge is 0.390 e. The van der Waals surface area contributed by atoms with Gasteiger partial charge in [-0.1, -0.05) is 22.0 Å². The molecule has 0 amide bonds. The number of halogens is 2. The highest BCUT2D eigenvalue weighted by molar-refractivity contribution is 9.09. The molecule has 0 aromatic heterocycles. The van der Waals surface area contributed by atoms with Crippen LogP contribution in [0.2, 0.25) is 0 Å². The maximum absolute atomic E-state index is 13.1. The summed E-state index contributed by atoms with van der Waals surface area (Å²) in [5, 5.41) is 20.1. The SMILES string of the molecule is NCc1ccc(F)cc1C(O)C(O)CCBr. The Labute approximate surface area is 102 Å². The van der Waals surface area contributed by atoms with Gasteiger partial charge in [0.05, 0.1) is 6.10 Å². The summed E-state index contributed by atoms with van der Waals surface area (Å²) in [7, 11) is 0. The number of hydrogen-bond acceptors (Lipinski definition) is 3. The van der Waals surface area contributed by atoms with E-state index in [0.717, 1.165) is 0 Å². The van der Waals surface area contributed by atoms with E-state index in [-0.39, 0.29) is 6.54 Å². The van der Waals surface area contributed by atoms with Crippen LogP contribution in [0.15, 0.2) is 18.2 Å².